The molecule has 0 heterocycles. The molecule has 0 aromatic heterocycles. The fraction of sp³-hybridized carbons (Fsp3) is 1.00. The van der Waals surface area contributed by atoms with Gasteiger partial charge in [-0.3, -0.25) is 0 Å². The molecule has 0 radical (unpaired) electrons. The smallest absolute Gasteiger partial charge is 0.00672 e. The minimum atomic E-state index is 0.734. The van der Waals surface area contributed by atoms with Gasteiger partial charge in [0, 0.05) is 12.6 Å². The number of hydrogen-bond donors (Lipinski definition) is 1. The molecule has 0 spiro atoms. The summed E-state index contributed by atoms with van der Waals surface area (Å²) in [5.74, 6) is 0. The average molecular weight is 181 g/mol. The number of hydrogen-bond acceptors (Lipinski definition) is 1. The highest BCUT2D eigenvalue weighted by Gasteiger charge is 2.40. The molecule has 0 atom stereocenters. The second-order valence-electron chi connectivity index (χ2n) is 5.07. The van der Waals surface area contributed by atoms with Crippen molar-refractivity contribution in [3.8, 4) is 0 Å². The second-order valence-corrected chi connectivity index (χ2v) is 5.07. The standard InChI is InChI=1S/C12H23N/c1-2-12(8-9-12)10-13-11-6-4-3-5-7-11/h11,13H,2-10H2,1H3. The zero-order chi connectivity index (χ0) is 9.15. The van der Waals surface area contributed by atoms with Crippen LogP contribution >= 0.6 is 0 Å². The Morgan fingerprint density at radius 1 is 1.15 bits per heavy atom. The van der Waals surface area contributed by atoms with E-state index < -0.39 is 0 Å². The quantitative estimate of drug-likeness (QED) is 0.702. The van der Waals surface area contributed by atoms with Crippen LogP contribution in [-0.4, -0.2) is 12.6 Å². The van der Waals surface area contributed by atoms with Crippen LogP contribution in [0.2, 0.25) is 0 Å². The number of rotatable bonds is 4. The van der Waals surface area contributed by atoms with Gasteiger partial charge >= 0.3 is 0 Å². The van der Waals surface area contributed by atoms with Crippen molar-refractivity contribution in [2.75, 3.05) is 6.54 Å². The summed E-state index contributed by atoms with van der Waals surface area (Å²) in [7, 11) is 0. The summed E-state index contributed by atoms with van der Waals surface area (Å²) in [4.78, 5) is 0. The summed E-state index contributed by atoms with van der Waals surface area (Å²) < 4.78 is 0. The van der Waals surface area contributed by atoms with Gasteiger partial charge in [-0.1, -0.05) is 26.2 Å². The topological polar surface area (TPSA) is 12.0 Å². The van der Waals surface area contributed by atoms with Crippen molar-refractivity contribution in [1.29, 1.82) is 0 Å². The SMILES string of the molecule is CCC1(CNC2CCCCC2)CC1. The van der Waals surface area contributed by atoms with Crippen LogP contribution in [0.1, 0.15) is 58.3 Å². The molecule has 0 bridgehead atoms. The summed E-state index contributed by atoms with van der Waals surface area (Å²) in [5, 5.41) is 3.78. The van der Waals surface area contributed by atoms with Crippen LogP contribution in [0.15, 0.2) is 0 Å². The lowest BCUT2D eigenvalue weighted by molar-refractivity contribution is 0.334. The first-order chi connectivity index (χ1) is 6.35. The van der Waals surface area contributed by atoms with Crippen molar-refractivity contribution < 1.29 is 0 Å². The van der Waals surface area contributed by atoms with Gasteiger partial charge in [0.1, 0.15) is 0 Å². The molecule has 0 saturated heterocycles. The van der Waals surface area contributed by atoms with Crippen molar-refractivity contribution in [2.24, 2.45) is 5.41 Å². The van der Waals surface area contributed by atoms with Gasteiger partial charge in [0.05, 0.1) is 0 Å². The van der Waals surface area contributed by atoms with E-state index in [0.29, 0.717) is 0 Å². The highest BCUT2D eigenvalue weighted by molar-refractivity contribution is 4.94. The molecule has 2 aliphatic rings. The first-order valence-electron chi connectivity index (χ1n) is 6.08. The van der Waals surface area contributed by atoms with E-state index in [1.54, 1.807) is 0 Å². The predicted molar refractivity (Wildman–Crippen MR) is 56.8 cm³/mol. The monoisotopic (exact) mass is 181 g/mol. The molecule has 1 N–H and O–H groups in total. The van der Waals surface area contributed by atoms with Gasteiger partial charge in [0.2, 0.25) is 0 Å². The van der Waals surface area contributed by atoms with Crippen molar-refractivity contribution in [2.45, 2.75) is 64.3 Å². The Kier molecular flexibility index (Phi) is 2.92. The zero-order valence-corrected chi connectivity index (χ0v) is 8.94. The van der Waals surface area contributed by atoms with E-state index >= 15 is 0 Å². The van der Waals surface area contributed by atoms with E-state index in [-0.39, 0.29) is 0 Å². The molecule has 0 unspecified atom stereocenters. The summed E-state index contributed by atoms with van der Waals surface area (Å²) >= 11 is 0. The highest BCUT2D eigenvalue weighted by Crippen LogP contribution is 2.48. The minimum Gasteiger partial charge on any atom is -0.313 e. The maximum atomic E-state index is 3.78. The molecule has 0 aromatic rings. The maximum Gasteiger partial charge on any atom is 0.00672 e. The van der Waals surface area contributed by atoms with Gasteiger partial charge in [-0.05, 0) is 37.5 Å². The van der Waals surface area contributed by atoms with Gasteiger partial charge in [0.15, 0.2) is 0 Å². The molecule has 2 rings (SSSR count). The summed E-state index contributed by atoms with van der Waals surface area (Å²) in [6, 6.07) is 0.859. The molecule has 0 amide bonds. The number of nitrogens with one attached hydrogen (secondary N) is 1. The van der Waals surface area contributed by atoms with Gasteiger partial charge in [-0.25, -0.2) is 0 Å². The third-order valence-corrected chi connectivity index (χ3v) is 4.08. The second kappa shape index (κ2) is 4.00. The first-order valence-corrected chi connectivity index (χ1v) is 6.08. The summed E-state index contributed by atoms with van der Waals surface area (Å²) in [5.41, 5.74) is 0.734. The van der Waals surface area contributed by atoms with Crippen LogP contribution in [0.3, 0.4) is 0 Å². The van der Waals surface area contributed by atoms with E-state index in [9.17, 15) is 0 Å². The molecule has 2 fully saturated rings. The normalized spacial score (nSPS) is 27.5. The third kappa shape index (κ3) is 2.46. The van der Waals surface area contributed by atoms with E-state index in [1.165, 1.54) is 57.9 Å². The molecule has 2 aliphatic carbocycles. The van der Waals surface area contributed by atoms with E-state index in [2.05, 4.69) is 12.2 Å². The zero-order valence-electron chi connectivity index (χ0n) is 8.94. The lowest BCUT2D eigenvalue weighted by Gasteiger charge is -2.25. The summed E-state index contributed by atoms with van der Waals surface area (Å²) in [6.07, 6.45) is 11.6. The molecule has 1 nitrogen and oxygen atoms in total. The molecular formula is C12H23N. The lowest BCUT2D eigenvalue weighted by atomic mass is 9.94. The Morgan fingerprint density at radius 2 is 1.85 bits per heavy atom. The largest absolute Gasteiger partial charge is 0.313 e. The third-order valence-electron chi connectivity index (χ3n) is 4.08. The van der Waals surface area contributed by atoms with Crippen molar-refractivity contribution in [1.82, 2.24) is 5.32 Å². The molecule has 1 heteroatoms. The van der Waals surface area contributed by atoms with Crippen LogP contribution < -0.4 is 5.32 Å². The van der Waals surface area contributed by atoms with Crippen molar-refractivity contribution in [3.05, 3.63) is 0 Å². The summed E-state index contributed by atoms with van der Waals surface area (Å²) in [6.45, 7) is 3.64. The van der Waals surface area contributed by atoms with Crippen molar-refractivity contribution >= 4 is 0 Å². The van der Waals surface area contributed by atoms with Gasteiger partial charge < -0.3 is 5.32 Å². The Bertz CT molecular complexity index is 155. The Labute approximate surface area is 82.3 Å². The Hall–Kier alpha value is -0.0400. The minimum absolute atomic E-state index is 0.734. The van der Waals surface area contributed by atoms with E-state index in [0.717, 1.165) is 11.5 Å². The molecule has 2 saturated carbocycles. The molecule has 13 heavy (non-hydrogen) atoms. The van der Waals surface area contributed by atoms with Gasteiger partial charge in [0.25, 0.3) is 0 Å². The molecule has 0 aromatic carbocycles. The van der Waals surface area contributed by atoms with Gasteiger partial charge in [-0.2, -0.15) is 0 Å². The Morgan fingerprint density at radius 3 is 2.38 bits per heavy atom. The highest BCUT2D eigenvalue weighted by atomic mass is 14.9. The fourth-order valence-electron chi connectivity index (χ4n) is 2.50. The van der Waals surface area contributed by atoms with Crippen LogP contribution in [0, 0.1) is 5.41 Å². The Balaban J connectivity index is 1.66. The lowest BCUT2D eigenvalue weighted by Crippen LogP contribution is -2.35. The first kappa shape index (κ1) is 9.51. The average Bonchev–Trinajstić information content (AvgIpc) is 2.97. The van der Waals surface area contributed by atoms with Crippen LogP contribution in [-0.2, 0) is 0 Å². The van der Waals surface area contributed by atoms with E-state index in [4.69, 9.17) is 0 Å². The van der Waals surface area contributed by atoms with Gasteiger partial charge in [-0.15, -0.1) is 0 Å². The fourth-order valence-corrected chi connectivity index (χ4v) is 2.50. The van der Waals surface area contributed by atoms with E-state index in [1.807, 2.05) is 0 Å². The van der Waals surface area contributed by atoms with Crippen LogP contribution in [0.5, 0.6) is 0 Å². The molecular weight excluding hydrogens is 158 g/mol. The predicted octanol–water partition coefficient (Wildman–Crippen LogP) is 3.10. The molecule has 76 valence electrons. The van der Waals surface area contributed by atoms with Crippen LogP contribution in [0.25, 0.3) is 0 Å². The molecule has 0 aliphatic heterocycles. The van der Waals surface area contributed by atoms with Crippen LogP contribution in [0.4, 0.5) is 0 Å². The maximum absolute atomic E-state index is 3.78. The van der Waals surface area contributed by atoms with Crippen molar-refractivity contribution in [3.63, 3.8) is 0 Å².